The van der Waals surface area contributed by atoms with Crippen LogP contribution in [0.3, 0.4) is 0 Å². The Morgan fingerprint density at radius 3 is 2.62 bits per heavy atom. The number of nitrogens with one attached hydrogen (secondary N) is 4. The van der Waals surface area contributed by atoms with Crippen molar-refractivity contribution >= 4 is 51.5 Å². The van der Waals surface area contributed by atoms with Gasteiger partial charge in [0.25, 0.3) is 0 Å². The Hall–Kier alpha value is -6.23. The van der Waals surface area contributed by atoms with Gasteiger partial charge in [0.1, 0.15) is 11.6 Å². The first kappa shape index (κ1) is 30.4. The van der Waals surface area contributed by atoms with E-state index in [4.69, 9.17) is 9.84 Å². The van der Waals surface area contributed by atoms with Crippen LogP contribution in [0.2, 0.25) is 0 Å². The first-order valence-corrected chi connectivity index (χ1v) is 15.9. The molecule has 3 heterocycles. The molecule has 0 aliphatic carbocycles. The number of urea groups is 1. The number of carbonyl (C=O) groups excluding carboxylic acids is 2. The highest BCUT2D eigenvalue weighted by atomic mass is 16.5. The van der Waals surface area contributed by atoms with Crippen LogP contribution in [0.1, 0.15) is 36.6 Å². The predicted molar refractivity (Wildman–Crippen MR) is 188 cm³/mol. The fourth-order valence-corrected chi connectivity index (χ4v) is 5.63. The molecule has 4 N–H and O–H groups in total. The Kier molecular flexibility index (Phi) is 8.40. The molecule has 4 aromatic carbocycles. The summed E-state index contributed by atoms with van der Waals surface area (Å²) >= 11 is 0. The first-order chi connectivity index (χ1) is 23.4. The number of aromatic nitrogens is 4. The number of fused-ring (bicyclic) bond motifs is 2. The lowest BCUT2D eigenvalue weighted by Gasteiger charge is -2.14. The number of nitrogens with zero attached hydrogens (tertiary/aromatic N) is 4. The molecule has 240 valence electrons. The second-order valence-corrected chi connectivity index (χ2v) is 11.7. The second-order valence-electron chi connectivity index (χ2n) is 11.7. The molecule has 6 aromatic rings. The highest BCUT2D eigenvalue weighted by Gasteiger charge is 2.18. The van der Waals surface area contributed by atoms with Crippen LogP contribution in [0, 0.1) is 6.92 Å². The topological polar surface area (TPSA) is 135 Å². The van der Waals surface area contributed by atoms with Crippen LogP contribution in [0.4, 0.5) is 33.6 Å². The summed E-state index contributed by atoms with van der Waals surface area (Å²) < 4.78 is 8.01. The molecule has 0 saturated heterocycles. The number of hydrogen-bond donors (Lipinski definition) is 4. The van der Waals surface area contributed by atoms with E-state index in [0.717, 1.165) is 63.9 Å². The van der Waals surface area contributed by atoms with Gasteiger partial charge in [-0.1, -0.05) is 55.3 Å². The average molecular weight is 639 g/mol. The van der Waals surface area contributed by atoms with E-state index in [1.165, 1.54) is 0 Å². The molecule has 0 fully saturated rings. The molecule has 1 aliphatic heterocycles. The van der Waals surface area contributed by atoms with Crippen LogP contribution in [0.25, 0.3) is 16.5 Å². The molecule has 1 aliphatic rings. The van der Waals surface area contributed by atoms with Gasteiger partial charge < -0.3 is 20.7 Å². The minimum atomic E-state index is -0.387. The Balaban J connectivity index is 1.09. The maximum atomic E-state index is 13.4. The number of benzene rings is 4. The number of amides is 3. The molecule has 2 aromatic heterocycles. The second kappa shape index (κ2) is 13.2. The van der Waals surface area contributed by atoms with Crippen LogP contribution in [-0.4, -0.2) is 31.7 Å². The van der Waals surface area contributed by atoms with E-state index in [-0.39, 0.29) is 11.9 Å². The third-order valence-electron chi connectivity index (χ3n) is 8.03. The van der Waals surface area contributed by atoms with Gasteiger partial charge in [-0.3, -0.25) is 10.1 Å². The molecule has 11 nitrogen and oxygen atoms in total. The number of hydrogen-bond acceptors (Lipinski definition) is 7. The monoisotopic (exact) mass is 638 g/mol. The van der Waals surface area contributed by atoms with Gasteiger partial charge >= 0.3 is 6.03 Å². The van der Waals surface area contributed by atoms with Crippen LogP contribution in [0.15, 0.2) is 97.2 Å². The van der Waals surface area contributed by atoms with Gasteiger partial charge in [-0.25, -0.2) is 14.5 Å². The SMILES string of the molecule is CCCCc1cc(NC(=O)Nc2ccc(Oc3ccnc(Nc4ccc5c(c4)CC(=O)N5)n3)c3ccccc23)n(-c2ccc(C)cc2)n1. The van der Waals surface area contributed by atoms with Crippen molar-refractivity contribution in [2.45, 2.75) is 39.5 Å². The van der Waals surface area contributed by atoms with Gasteiger partial charge in [-0.05, 0) is 67.8 Å². The van der Waals surface area contributed by atoms with Crippen molar-refractivity contribution in [3.05, 3.63) is 114 Å². The number of rotatable bonds is 10. The summed E-state index contributed by atoms with van der Waals surface area (Å²) in [6.07, 6.45) is 4.85. The molecule has 7 rings (SSSR count). The zero-order chi connectivity index (χ0) is 33.0. The molecule has 0 spiro atoms. The van der Waals surface area contributed by atoms with Crippen molar-refractivity contribution in [3.63, 3.8) is 0 Å². The lowest BCUT2D eigenvalue weighted by Crippen LogP contribution is -2.21. The lowest BCUT2D eigenvalue weighted by atomic mass is 10.1. The molecule has 0 saturated carbocycles. The Labute approximate surface area is 277 Å². The van der Waals surface area contributed by atoms with Crippen LogP contribution in [-0.2, 0) is 17.6 Å². The van der Waals surface area contributed by atoms with E-state index in [0.29, 0.717) is 35.5 Å². The highest BCUT2D eigenvalue weighted by molar-refractivity contribution is 6.07. The molecule has 0 radical (unpaired) electrons. The van der Waals surface area contributed by atoms with Crippen LogP contribution in [0.5, 0.6) is 11.6 Å². The summed E-state index contributed by atoms with van der Waals surface area (Å²) in [5.74, 6) is 1.83. The summed E-state index contributed by atoms with van der Waals surface area (Å²) in [5, 5.41) is 18.4. The third-order valence-corrected chi connectivity index (χ3v) is 8.03. The van der Waals surface area contributed by atoms with E-state index in [1.807, 2.05) is 79.7 Å². The third kappa shape index (κ3) is 6.66. The number of ether oxygens (including phenoxy) is 1. The number of anilines is 5. The quantitative estimate of drug-likeness (QED) is 0.119. The van der Waals surface area contributed by atoms with Crippen molar-refractivity contribution < 1.29 is 14.3 Å². The Bertz CT molecular complexity index is 2140. The molecule has 3 amide bonds. The van der Waals surface area contributed by atoms with E-state index in [9.17, 15) is 9.59 Å². The fraction of sp³-hybridized carbons (Fsp3) is 0.162. The van der Waals surface area contributed by atoms with E-state index in [1.54, 1.807) is 29.1 Å². The van der Waals surface area contributed by atoms with Crippen molar-refractivity contribution in [1.82, 2.24) is 19.7 Å². The molecule has 48 heavy (non-hydrogen) atoms. The molecular formula is C37H34N8O3. The number of aryl methyl sites for hydroxylation is 2. The van der Waals surface area contributed by atoms with Gasteiger partial charge in [0.05, 0.1) is 23.5 Å². The summed E-state index contributed by atoms with van der Waals surface area (Å²) in [7, 11) is 0. The maximum absolute atomic E-state index is 13.4. The Morgan fingerprint density at radius 2 is 1.79 bits per heavy atom. The summed E-state index contributed by atoms with van der Waals surface area (Å²) in [6, 6.07) is 28.2. The molecule has 0 unspecified atom stereocenters. The van der Waals surface area contributed by atoms with Crippen molar-refractivity contribution in [3.8, 4) is 17.3 Å². The van der Waals surface area contributed by atoms with E-state index >= 15 is 0 Å². The largest absolute Gasteiger partial charge is 0.438 e. The molecular weight excluding hydrogens is 604 g/mol. The molecule has 11 heteroatoms. The van der Waals surface area contributed by atoms with Gasteiger partial charge in [-0.2, -0.15) is 10.1 Å². The fourth-order valence-electron chi connectivity index (χ4n) is 5.63. The number of unbranched alkanes of at least 4 members (excludes halogenated alkanes) is 1. The summed E-state index contributed by atoms with van der Waals surface area (Å²) in [6.45, 7) is 4.18. The zero-order valence-corrected chi connectivity index (χ0v) is 26.6. The predicted octanol–water partition coefficient (Wildman–Crippen LogP) is 8.14. The maximum Gasteiger partial charge on any atom is 0.324 e. The smallest absolute Gasteiger partial charge is 0.324 e. The first-order valence-electron chi connectivity index (χ1n) is 15.9. The van der Waals surface area contributed by atoms with Crippen molar-refractivity contribution in [2.75, 3.05) is 21.3 Å². The number of carbonyl (C=O) groups is 2. The van der Waals surface area contributed by atoms with Gasteiger partial charge in [-0.15, -0.1) is 0 Å². The standard InChI is InChI=1S/C37H34N8O3/c1-3-4-7-26-22-33(45(44-26)27-13-10-23(2)11-14-27)42-37(47)41-31-16-17-32(29-9-6-5-8-28(29)31)48-35-18-19-38-36(43-35)39-25-12-15-30-24(20-25)21-34(46)40-30/h5-6,8-20,22H,3-4,7,21H2,1-2H3,(H,40,46)(H,38,39,43)(H2,41,42,47). The van der Waals surface area contributed by atoms with Crippen LogP contribution < -0.4 is 26.0 Å². The highest BCUT2D eigenvalue weighted by Crippen LogP contribution is 2.35. The van der Waals surface area contributed by atoms with Crippen molar-refractivity contribution in [2.24, 2.45) is 0 Å². The summed E-state index contributed by atoms with van der Waals surface area (Å²) in [4.78, 5) is 34.0. The van der Waals surface area contributed by atoms with Gasteiger partial charge in [0.2, 0.25) is 17.7 Å². The lowest BCUT2D eigenvalue weighted by molar-refractivity contribution is -0.115. The van der Waals surface area contributed by atoms with E-state index < -0.39 is 0 Å². The minimum absolute atomic E-state index is 0.0233. The van der Waals surface area contributed by atoms with Gasteiger partial charge in [0.15, 0.2) is 0 Å². The van der Waals surface area contributed by atoms with Crippen LogP contribution >= 0.6 is 0 Å². The molecule has 0 atom stereocenters. The minimum Gasteiger partial charge on any atom is -0.438 e. The summed E-state index contributed by atoms with van der Waals surface area (Å²) in [5.41, 5.74) is 6.06. The average Bonchev–Trinajstić information content (AvgIpc) is 3.67. The van der Waals surface area contributed by atoms with E-state index in [2.05, 4.69) is 38.2 Å². The zero-order valence-electron chi connectivity index (χ0n) is 26.6. The molecule has 0 bridgehead atoms. The van der Waals surface area contributed by atoms with Gasteiger partial charge in [0, 0.05) is 40.5 Å². The van der Waals surface area contributed by atoms with Crippen molar-refractivity contribution in [1.29, 1.82) is 0 Å². The Morgan fingerprint density at radius 1 is 0.958 bits per heavy atom. The normalized spacial score (nSPS) is 12.0.